The number of amides is 1. The number of carbonyl (C=O) groups is 1. The topological polar surface area (TPSA) is 38.1 Å². The van der Waals surface area contributed by atoms with Crippen molar-refractivity contribution in [3.63, 3.8) is 0 Å². The van der Waals surface area contributed by atoms with Gasteiger partial charge in [0.05, 0.1) is 11.0 Å². The molecule has 0 radical (unpaired) electrons. The number of benzene rings is 2. The number of rotatable bonds is 4. The summed E-state index contributed by atoms with van der Waals surface area (Å²) in [4.78, 5) is 19.3. The average Bonchev–Trinajstić information content (AvgIpc) is 3.16. The minimum absolute atomic E-state index is 0.102. The minimum Gasteiger partial charge on any atom is -0.328 e. The number of anilines is 1. The second-order valence-corrected chi connectivity index (χ2v) is 6.93. The number of carbonyl (C=O) groups excluding carboxylic acids is 1. The third kappa shape index (κ3) is 2.91. The number of hydrogen-bond donors (Lipinski definition) is 0. The highest BCUT2D eigenvalue weighted by atomic mass is 35.5. The fourth-order valence-corrected chi connectivity index (χ4v) is 3.82. The van der Waals surface area contributed by atoms with E-state index in [1.807, 2.05) is 47.4 Å². The number of hydrogen-bond acceptors (Lipinski definition) is 2. The van der Waals surface area contributed by atoms with Gasteiger partial charge in [0.15, 0.2) is 0 Å². The van der Waals surface area contributed by atoms with E-state index in [1.54, 1.807) is 0 Å². The summed E-state index contributed by atoms with van der Waals surface area (Å²) in [5.74, 6) is 1.24. The number of nitrogens with zero attached hydrogens (tertiary/aromatic N) is 3. The van der Waals surface area contributed by atoms with Crippen LogP contribution < -0.4 is 4.90 Å². The fraction of sp³-hybridized carbons (Fsp3) is 0.300. The lowest BCUT2D eigenvalue weighted by molar-refractivity contribution is -0.117. The van der Waals surface area contributed by atoms with Crippen LogP contribution in [0.2, 0.25) is 5.02 Å². The molecule has 1 aliphatic rings. The molecule has 25 heavy (non-hydrogen) atoms. The Bertz CT molecular complexity index is 934. The molecule has 128 valence electrons. The molecule has 2 aromatic carbocycles. The van der Waals surface area contributed by atoms with Gasteiger partial charge in [-0.15, -0.1) is 0 Å². The molecule has 4 nitrogen and oxygen atoms in total. The van der Waals surface area contributed by atoms with Gasteiger partial charge >= 0.3 is 0 Å². The maximum absolute atomic E-state index is 12.6. The number of aromatic nitrogens is 2. The molecule has 4 rings (SSSR count). The molecule has 1 fully saturated rings. The van der Waals surface area contributed by atoms with Crippen molar-refractivity contribution in [1.82, 2.24) is 9.55 Å². The van der Waals surface area contributed by atoms with Crippen molar-refractivity contribution in [3.8, 4) is 0 Å². The van der Waals surface area contributed by atoms with Crippen LogP contribution in [0.1, 0.15) is 31.5 Å². The number of halogens is 1. The molecule has 1 atom stereocenters. The first-order chi connectivity index (χ1) is 12.2. The van der Waals surface area contributed by atoms with E-state index in [-0.39, 0.29) is 11.8 Å². The van der Waals surface area contributed by atoms with E-state index < -0.39 is 0 Å². The first-order valence-corrected chi connectivity index (χ1v) is 9.06. The summed E-state index contributed by atoms with van der Waals surface area (Å²) in [7, 11) is 0. The van der Waals surface area contributed by atoms with E-state index in [1.165, 1.54) is 0 Å². The van der Waals surface area contributed by atoms with Crippen LogP contribution in [0.4, 0.5) is 5.69 Å². The summed E-state index contributed by atoms with van der Waals surface area (Å²) in [6.07, 6.45) is 1.52. The number of aryl methyl sites for hydroxylation is 1. The van der Waals surface area contributed by atoms with Crippen molar-refractivity contribution in [3.05, 3.63) is 59.4 Å². The predicted octanol–water partition coefficient (Wildman–Crippen LogP) is 4.62. The molecule has 0 unspecified atom stereocenters. The van der Waals surface area contributed by atoms with Gasteiger partial charge in [0.25, 0.3) is 0 Å². The average molecular weight is 354 g/mol. The Balaban J connectivity index is 1.70. The number of para-hydroxylation sites is 2. The van der Waals surface area contributed by atoms with Gasteiger partial charge in [-0.1, -0.05) is 36.7 Å². The Morgan fingerprint density at radius 2 is 2.04 bits per heavy atom. The summed E-state index contributed by atoms with van der Waals surface area (Å²) in [5, 5.41) is 0.645. The molecule has 0 N–H and O–H groups in total. The molecule has 5 heteroatoms. The van der Waals surface area contributed by atoms with Crippen LogP contribution >= 0.6 is 11.6 Å². The Morgan fingerprint density at radius 1 is 1.20 bits per heavy atom. The predicted molar refractivity (Wildman–Crippen MR) is 101 cm³/mol. The van der Waals surface area contributed by atoms with E-state index in [0.29, 0.717) is 18.0 Å². The van der Waals surface area contributed by atoms with Crippen LogP contribution in [0.3, 0.4) is 0 Å². The van der Waals surface area contributed by atoms with Gasteiger partial charge in [0.2, 0.25) is 5.91 Å². The third-order valence-corrected chi connectivity index (χ3v) is 4.98. The SMILES string of the molecule is CCCn1c([C@H]2CC(=O)N(c3cccc(Cl)c3)C2)nc2ccccc21. The van der Waals surface area contributed by atoms with E-state index in [9.17, 15) is 4.79 Å². The van der Waals surface area contributed by atoms with Gasteiger partial charge in [-0.25, -0.2) is 4.98 Å². The fourth-order valence-electron chi connectivity index (χ4n) is 3.64. The second-order valence-electron chi connectivity index (χ2n) is 6.50. The van der Waals surface area contributed by atoms with E-state index in [0.717, 1.165) is 35.5 Å². The van der Waals surface area contributed by atoms with E-state index in [2.05, 4.69) is 17.6 Å². The van der Waals surface area contributed by atoms with Gasteiger partial charge in [0.1, 0.15) is 5.82 Å². The van der Waals surface area contributed by atoms with Crippen molar-refractivity contribution in [2.75, 3.05) is 11.4 Å². The van der Waals surface area contributed by atoms with Crippen LogP contribution in [-0.4, -0.2) is 22.0 Å². The maximum Gasteiger partial charge on any atom is 0.227 e. The number of imidazole rings is 1. The first kappa shape index (κ1) is 16.2. The highest BCUT2D eigenvalue weighted by molar-refractivity contribution is 6.30. The van der Waals surface area contributed by atoms with Crippen LogP contribution in [0.15, 0.2) is 48.5 Å². The van der Waals surface area contributed by atoms with Crippen LogP contribution in [0.25, 0.3) is 11.0 Å². The molecule has 0 bridgehead atoms. The molecule has 1 saturated heterocycles. The normalized spacial score (nSPS) is 17.6. The van der Waals surface area contributed by atoms with Gasteiger partial charge in [-0.05, 0) is 36.8 Å². The van der Waals surface area contributed by atoms with Crippen molar-refractivity contribution >= 4 is 34.2 Å². The summed E-state index contributed by atoms with van der Waals surface area (Å²) < 4.78 is 2.27. The number of fused-ring (bicyclic) bond motifs is 1. The van der Waals surface area contributed by atoms with Crippen LogP contribution in [0, 0.1) is 0 Å². The van der Waals surface area contributed by atoms with Crippen LogP contribution in [-0.2, 0) is 11.3 Å². The highest BCUT2D eigenvalue weighted by Crippen LogP contribution is 2.34. The molecule has 1 aromatic heterocycles. The largest absolute Gasteiger partial charge is 0.328 e. The molecular formula is C20H20ClN3O. The van der Waals surface area contributed by atoms with E-state index in [4.69, 9.17) is 16.6 Å². The van der Waals surface area contributed by atoms with Gasteiger partial charge in [-0.2, -0.15) is 0 Å². The smallest absolute Gasteiger partial charge is 0.227 e. The van der Waals surface area contributed by atoms with Crippen molar-refractivity contribution in [2.45, 2.75) is 32.2 Å². The van der Waals surface area contributed by atoms with Gasteiger partial charge < -0.3 is 9.47 Å². The molecule has 2 heterocycles. The molecular weight excluding hydrogens is 334 g/mol. The maximum atomic E-state index is 12.6. The van der Waals surface area contributed by atoms with Crippen LogP contribution in [0.5, 0.6) is 0 Å². The standard InChI is InChI=1S/C20H20ClN3O/c1-2-10-23-18-9-4-3-8-17(18)22-20(23)14-11-19(25)24(13-14)16-7-5-6-15(21)12-16/h3-9,12,14H,2,10-11,13H2,1H3/t14-/m0/s1. The Labute approximate surface area is 152 Å². The third-order valence-electron chi connectivity index (χ3n) is 4.74. The molecule has 3 aromatic rings. The van der Waals surface area contributed by atoms with Crippen molar-refractivity contribution in [1.29, 1.82) is 0 Å². The molecule has 1 amide bonds. The minimum atomic E-state index is 0.102. The molecule has 0 spiro atoms. The molecule has 0 aliphatic carbocycles. The zero-order valence-corrected chi connectivity index (χ0v) is 14.9. The molecule has 0 saturated carbocycles. The summed E-state index contributed by atoms with van der Waals surface area (Å²) in [6, 6.07) is 15.7. The second kappa shape index (κ2) is 6.52. The van der Waals surface area contributed by atoms with E-state index >= 15 is 0 Å². The molecule has 1 aliphatic heterocycles. The highest BCUT2D eigenvalue weighted by Gasteiger charge is 2.34. The van der Waals surface area contributed by atoms with Gasteiger partial charge in [-0.3, -0.25) is 4.79 Å². The van der Waals surface area contributed by atoms with Gasteiger partial charge in [0, 0.05) is 36.1 Å². The van der Waals surface area contributed by atoms with Crippen molar-refractivity contribution in [2.24, 2.45) is 0 Å². The Hall–Kier alpha value is -2.33. The first-order valence-electron chi connectivity index (χ1n) is 8.68. The lowest BCUT2D eigenvalue weighted by Crippen LogP contribution is -2.24. The Kier molecular flexibility index (Phi) is 4.22. The summed E-state index contributed by atoms with van der Waals surface area (Å²) >= 11 is 6.09. The zero-order chi connectivity index (χ0) is 17.4. The monoisotopic (exact) mass is 353 g/mol. The quantitative estimate of drug-likeness (QED) is 0.686. The van der Waals surface area contributed by atoms with Crippen molar-refractivity contribution < 1.29 is 4.79 Å². The zero-order valence-electron chi connectivity index (χ0n) is 14.2. The summed E-state index contributed by atoms with van der Waals surface area (Å²) in [6.45, 7) is 3.72. The Morgan fingerprint density at radius 3 is 2.84 bits per heavy atom. The lowest BCUT2D eigenvalue weighted by Gasteiger charge is -2.17. The lowest BCUT2D eigenvalue weighted by atomic mass is 10.1. The summed E-state index contributed by atoms with van der Waals surface area (Å²) in [5.41, 5.74) is 3.01.